The van der Waals surface area contributed by atoms with Gasteiger partial charge in [-0.3, -0.25) is 0 Å². The molecule has 1 nitrogen and oxygen atoms in total. The molecule has 19 heavy (non-hydrogen) atoms. The van der Waals surface area contributed by atoms with Crippen LogP contribution in [0.25, 0.3) is 0 Å². The van der Waals surface area contributed by atoms with Gasteiger partial charge in [0.1, 0.15) is 0 Å². The maximum Gasteiger partial charge on any atom is 0.00464 e. The molecule has 2 heteroatoms. The van der Waals surface area contributed by atoms with Crippen molar-refractivity contribution < 1.29 is 0 Å². The van der Waals surface area contributed by atoms with E-state index in [2.05, 4.69) is 60.9 Å². The molecule has 0 spiro atoms. The minimum absolute atomic E-state index is 0.570. The van der Waals surface area contributed by atoms with E-state index >= 15 is 0 Å². The highest BCUT2D eigenvalue weighted by Gasteiger charge is 2.13. The van der Waals surface area contributed by atoms with Gasteiger partial charge in [-0.05, 0) is 48.9 Å². The standard InChI is InChI=1S/C17H23NS/c1-3-10-18-13-17(15-7-5-4-6-8-15)12-16-9-11-19-14(16)2/h4-9,11,17-18H,3,10,12-13H2,1-2H3. The lowest BCUT2D eigenvalue weighted by Crippen LogP contribution is -2.23. The fourth-order valence-electron chi connectivity index (χ4n) is 2.37. The minimum atomic E-state index is 0.570. The quantitative estimate of drug-likeness (QED) is 0.738. The molecule has 2 aromatic rings. The summed E-state index contributed by atoms with van der Waals surface area (Å²) >= 11 is 1.85. The van der Waals surface area contributed by atoms with E-state index < -0.39 is 0 Å². The van der Waals surface area contributed by atoms with Crippen molar-refractivity contribution in [2.24, 2.45) is 0 Å². The van der Waals surface area contributed by atoms with E-state index in [-0.39, 0.29) is 0 Å². The van der Waals surface area contributed by atoms with Crippen molar-refractivity contribution in [1.82, 2.24) is 5.32 Å². The maximum absolute atomic E-state index is 3.57. The summed E-state index contributed by atoms with van der Waals surface area (Å²) in [4.78, 5) is 1.46. The maximum atomic E-state index is 3.57. The molecule has 0 saturated carbocycles. The Balaban J connectivity index is 2.08. The molecule has 2 rings (SSSR count). The van der Waals surface area contributed by atoms with Gasteiger partial charge in [-0.2, -0.15) is 0 Å². The Bertz CT molecular complexity index is 475. The zero-order valence-corrected chi connectivity index (χ0v) is 12.7. The smallest absolute Gasteiger partial charge is 0.00464 e. The van der Waals surface area contributed by atoms with Gasteiger partial charge in [-0.15, -0.1) is 11.3 Å². The second-order valence-corrected chi connectivity index (χ2v) is 6.14. The highest BCUT2D eigenvalue weighted by Crippen LogP contribution is 2.24. The molecular weight excluding hydrogens is 250 g/mol. The van der Waals surface area contributed by atoms with Gasteiger partial charge in [0.25, 0.3) is 0 Å². The Morgan fingerprint density at radius 1 is 1.16 bits per heavy atom. The van der Waals surface area contributed by atoms with E-state index in [0.29, 0.717) is 5.92 Å². The van der Waals surface area contributed by atoms with Crippen molar-refractivity contribution in [3.05, 3.63) is 57.8 Å². The van der Waals surface area contributed by atoms with Gasteiger partial charge < -0.3 is 5.32 Å². The molecular formula is C17H23NS. The Morgan fingerprint density at radius 3 is 2.58 bits per heavy atom. The summed E-state index contributed by atoms with van der Waals surface area (Å²) in [7, 11) is 0. The Hall–Kier alpha value is -1.12. The van der Waals surface area contributed by atoms with Crippen LogP contribution in [0.5, 0.6) is 0 Å². The molecule has 1 aromatic carbocycles. The molecule has 1 unspecified atom stereocenters. The molecule has 0 aliphatic heterocycles. The van der Waals surface area contributed by atoms with Crippen molar-refractivity contribution in [2.45, 2.75) is 32.6 Å². The van der Waals surface area contributed by atoms with Crippen LogP contribution in [0.15, 0.2) is 41.8 Å². The van der Waals surface area contributed by atoms with Crippen LogP contribution in [0.3, 0.4) is 0 Å². The van der Waals surface area contributed by atoms with Gasteiger partial charge in [0, 0.05) is 17.3 Å². The van der Waals surface area contributed by atoms with Gasteiger partial charge in [-0.1, -0.05) is 37.3 Å². The summed E-state index contributed by atoms with van der Waals surface area (Å²) in [5.74, 6) is 0.570. The normalized spacial score (nSPS) is 12.5. The van der Waals surface area contributed by atoms with Crippen molar-refractivity contribution >= 4 is 11.3 Å². The van der Waals surface area contributed by atoms with Gasteiger partial charge in [0.05, 0.1) is 0 Å². The molecule has 0 saturated heterocycles. The van der Waals surface area contributed by atoms with Crippen LogP contribution in [0, 0.1) is 6.92 Å². The number of hydrogen-bond acceptors (Lipinski definition) is 2. The number of nitrogens with one attached hydrogen (secondary N) is 1. The van der Waals surface area contributed by atoms with Crippen LogP contribution in [-0.4, -0.2) is 13.1 Å². The molecule has 1 heterocycles. The first-order valence-electron chi connectivity index (χ1n) is 7.10. The predicted molar refractivity (Wildman–Crippen MR) is 85.1 cm³/mol. The Labute approximate surface area is 120 Å². The minimum Gasteiger partial charge on any atom is -0.316 e. The topological polar surface area (TPSA) is 12.0 Å². The predicted octanol–water partition coefficient (Wildman–Crippen LogP) is 4.38. The lowest BCUT2D eigenvalue weighted by molar-refractivity contribution is 0.576. The molecule has 1 aromatic heterocycles. The Kier molecular flexibility index (Phi) is 5.62. The van der Waals surface area contributed by atoms with Crippen LogP contribution in [0.1, 0.15) is 35.3 Å². The second-order valence-electron chi connectivity index (χ2n) is 5.02. The van der Waals surface area contributed by atoms with Gasteiger partial charge >= 0.3 is 0 Å². The molecule has 1 N–H and O–H groups in total. The summed E-state index contributed by atoms with van der Waals surface area (Å²) in [5.41, 5.74) is 2.94. The number of hydrogen-bond donors (Lipinski definition) is 1. The van der Waals surface area contributed by atoms with Gasteiger partial charge in [-0.25, -0.2) is 0 Å². The Morgan fingerprint density at radius 2 is 1.95 bits per heavy atom. The van der Waals surface area contributed by atoms with Crippen LogP contribution in [-0.2, 0) is 6.42 Å². The third-order valence-electron chi connectivity index (χ3n) is 3.52. The number of thiophene rings is 1. The molecule has 0 amide bonds. The van der Waals surface area contributed by atoms with Gasteiger partial charge in [0.15, 0.2) is 0 Å². The SMILES string of the molecule is CCCNCC(Cc1ccsc1C)c1ccccc1. The average Bonchev–Trinajstić information content (AvgIpc) is 2.84. The number of aryl methyl sites for hydroxylation is 1. The second kappa shape index (κ2) is 7.46. The van der Waals surface area contributed by atoms with Crippen molar-refractivity contribution in [1.29, 1.82) is 0 Å². The molecule has 0 aliphatic rings. The number of rotatable bonds is 7. The summed E-state index contributed by atoms with van der Waals surface area (Å²) in [6.07, 6.45) is 2.33. The molecule has 0 aliphatic carbocycles. The fraction of sp³-hybridized carbons (Fsp3) is 0.412. The largest absolute Gasteiger partial charge is 0.316 e. The van der Waals surface area contributed by atoms with Crippen LogP contribution in [0.4, 0.5) is 0 Å². The first-order valence-corrected chi connectivity index (χ1v) is 7.98. The molecule has 0 fully saturated rings. The lowest BCUT2D eigenvalue weighted by Gasteiger charge is -2.18. The molecule has 102 valence electrons. The van der Waals surface area contributed by atoms with E-state index in [1.165, 1.54) is 22.4 Å². The van der Waals surface area contributed by atoms with E-state index in [9.17, 15) is 0 Å². The lowest BCUT2D eigenvalue weighted by atomic mass is 9.92. The highest BCUT2D eigenvalue weighted by molar-refractivity contribution is 7.10. The molecule has 1 atom stereocenters. The summed E-state index contributed by atoms with van der Waals surface area (Å²) in [6.45, 7) is 6.61. The van der Waals surface area contributed by atoms with E-state index in [1.807, 2.05) is 11.3 Å². The monoisotopic (exact) mass is 273 g/mol. The summed E-state index contributed by atoms with van der Waals surface area (Å²) in [6, 6.07) is 13.1. The summed E-state index contributed by atoms with van der Waals surface area (Å²) < 4.78 is 0. The van der Waals surface area contributed by atoms with Crippen molar-refractivity contribution in [2.75, 3.05) is 13.1 Å². The van der Waals surface area contributed by atoms with E-state index in [1.54, 1.807) is 0 Å². The first-order chi connectivity index (χ1) is 9.31. The average molecular weight is 273 g/mol. The third kappa shape index (κ3) is 4.19. The van der Waals surface area contributed by atoms with Crippen LogP contribution >= 0.6 is 11.3 Å². The van der Waals surface area contributed by atoms with E-state index in [4.69, 9.17) is 0 Å². The fourth-order valence-corrected chi connectivity index (χ4v) is 3.11. The number of benzene rings is 1. The summed E-state index contributed by atoms with van der Waals surface area (Å²) in [5, 5.41) is 5.77. The third-order valence-corrected chi connectivity index (χ3v) is 4.41. The first kappa shape index (κ1) is 14.3. The highest BCUT2D eigenvalue weighted by atomic mass is 32.1. The van der Waals surface area contributed by atoms with Gasteiger partial charge in [0.2, 0.25) is 0 Å². The zero-order valence-electron chi connectivity index (χ0n) is 11.9. The van der Waals surface area contributed by atoms with Crippen molar-refractivity contribution in [3.63, 3.8) is 0 Å². The van der Waals surface area contributed by atoms with Crippen molar-refractivity contribution in [3.8, 4) is 0 Å². The van der Waals surface area contributed by atoms with Crippen LogP contribution in [0.2, 0.25) is 0 Å². The molecule has 0 bridgehead atoms. The van der Waals surface area contributed by atoms with Crippen LogP contribution < -0.4 is 5.32 Å². The zero-order chi connectivity index (χ0) is 13.5. The molecule has 0 radical (unpaired) electrons. The van der Waals surface area contributed by atoms with E-state index in [0.717, 1.165) is 19.5 Å².